The quantitative estimate of drug-likeness (QED) is 0.275. The minimum absolute atomic E-state index is 0.0537. The molecule has 0 saturated carbocycles. The summed E-state index contributed by atoms with van der Waals surface area (Å²) in [6, 6.07) is 25.5. The van der Waals surface area contributed by atoms with Gasteiger partial charge >= 0.3 is 0 Å². The maximum atomic E-state index is 13.8. The molecule has 2 unspecified atom stereocenters. The molecule has 3 aromatic carbocycles. The smallest absolute Gasteiger partial charge is 0.265 e. The van der Waals surface area contributed by atoms with E-state index in [4.69, 9.17) is 0 Å². The molecule has 0 aromatic heterocycles. The van der Waals surface area contributed by atoms with Gasteiger partial charge in [-0.1, -0.05) is 86.3 Å². The van der Waals surface area contributed by atoms with Crippen molar-refractivity contribution in [1.29, 1.82) is 5.26 Å². The van der Waals surface area contributed by atoms with Gasteiger partial charge in [-0.05, 0) is 73.1 Å². The van der Waals surface area contributed by atoms with Crippen molar-refractivity contribution in [1.82, 2.24) is 5.32 Å². The lowest BCUT2D eigenvalue weighted by molar-refractivity contribution is -0.117. The summed E-state index contributed by atoms with van der Waals surface area (Å²) < 4.78 is 0. The van der Waals surface area contributed by atoms with Gasteiger partial charge in [0.2, 0.25) is 5.91 Å². The van der Waals surface area contributed by atoms with Crippen LogP contribution < -0.4 is 10.2 Å². The Bertz CT molecular complexity index is 1400. The zero-order chi connectivity index (χ0) is 27.4. The topological polar surface area (TPSA) is 73.2 Å². The van der Waals surface area contributed by atoms with Gasteiger partial charge in [0, 0.05) is 5.69 Å². The maximum Gasteiger partial charge on any atom is 0.265 e. The summed E-state index contributed by atoms with van der Waals surface area (Å²) in [6.07, 6.45) is 0.507. The van der Waals surface area contributed by atoms with E-state index in [2.05, 4.69) is 49.5 Å². The van der Waals surface area contributed by atoms with Crippen LogP contribution in [-0.2, 0) is 16.0 Å². The van der Waals surface area contributed by atoms with E-state index >= 15 is 0 Å². The van der Waals surface area contributed by atoms with Gasteiger partial charge in [0.05, 0.1) is 11.3 Å². The molecule has 4 rings (SSSR count). The molecule has 0 spiro atoms. The maximum absolute atomic E-state index is 13.8. The summed E-state index contributed by atoms with van der Waals surface area (Å²) in [5.41, 5.74) is 5.97. The predicted octanol–water partition coefficient (Wildman–Crippen LogP) is 6.73. The molecule has 5 nitrogen and oxygen atoms in total. The molecular formula is C32H33N3O2S. The van der Waals surface area contributed by atoms with Crippen LogP contribution in [0.3, 0.4) is 0 Å². The van der Waals surface area contributed by atoms with Gasteiger partial charge in [-0.3, -0.25) is 14.5 Å². The largest absolute Gasteiger partial charge is 0.345 e. The monoisotopic (exact) mass is 523 g/mol. The summed E-state index contributed by atoms with van der Waals surface area (Å²) >= 11 is 1.29. The number of carbonyl (C=O) groups is 2. The Morgan fingerprint density at radius 1 is 0.974 bits per heavy atom. The number of nitrogens with zero attached hydrogens (tertiary/aromatic N) is 2. The molecule has 0 aliphatic carbocycles. The van der Waals surface area contributed by atoms with Crippen molar-refractivity contribution in [3.8, 4) is 6.07 Å². The molecule has 38 heavy (non-hydrogen) atoms. The van der Waals surface area contributed by atoms with Crippen molar-refractivity contribution in [2.24, 2.45) is 0 Å². The van der Waals surface area contributed by atoms with Crippen LogP contribution in [0.1, 0.15) is 60.5 Å². The summed E-state index contributed by atoms with van der Waals surface area (Å²) in [4.78, 5) is 28.7. The fourth-order valence-corrected chi connectivity index (χ4v) is 5.74. The molecule has 0 bridgehead atoms. The highest BCUT2D eigenvalue weighted by Gasteiger charge is 2.41. The van der Waals surface area contributed by atoms with Gasteiger partial charge < -0.3 is 5.32 Å². The van der Waals surface area contributed by atoms with Crippen LogP contribution in [0.15, 0.2) is 83.4 Å². The SMILES string of the molecule is Cc1ccc(N2C(=O)C(Cc3ccc(C(C)C)cc3)S/C2=C(/C#N)C(=O)NC(C)c2ccccc2)cc1C. The second-order valence-corrected chi connectivity index (χ2v) is 11.2. The first kappa shape index (κ1) is 27.2. The Hall–Kier alpha value is -3.82. The minimum Gasteiger partial charge on any atom is -0.345 e. The van der Waals surface area contributed by atoms with Crippen LogP contribution >= 0.6 is 11.8 Å². The highest BCUT2D eigenvalue weighted by molar-refractivity contribution is 8.05. The third kappa shape index (κ3) is 5.84. The van der Waals surface area contributed by atoms with Gasteiger partial charge in [0.25, 0.3) is 5.91 Å². The van der Waals surface area contributed by atoms with E-state index in [1.165, 1.54) is 17.3 Å². The Morgan fingerprint density at radius 3 is 2.26 bits per heavy atom. The normalized spacial score (nSPS) is 17.3. The van der Waals surface area contributed by atoms with Crippen LogP contribution in [-0.4, -0.2) is 17.1 Å². The number of nitrogens with one attached hydrogen (secondary N) is 1. The van der Waals surface area contributed by atoms with Crippen LogP contribution in [0.25, 0.3) is 0 Å². The van der Waals surface area contributed by atoms with E-state index in [1.807, 2.05) is 69.3 Å². The number of aryl methyl sites for hydroxylation is 2. The highest BCUT2D eigenvalue weighted by atomic mass is 32.2. The summed E-state index contributed by atoms with van der Waals surface area (Å²) in [6.45, 7) is 10.2. The lowest BCUT2D eigenvalue weighted by atomic mass is 10.00. The second kappa shape index (κ2) is 11.7. The van der Waals surface area contributed by atoms with Gasteiger partial charge in [-0.15, -0.1) is 0 Å². The van der Waals surface area contributed by atoms with Crippen LogP contribution in [0.2, 0.25) is 0 Å². The highest BCUT2D eigenvalue weighted by Crippen LogP contribution is 2.42. The average Bonchev–Trinajstić information content (AvgIpc) is 3.22. The zero-order valence-corrected chi connectivity index (χ0v) is 23.3. The number of carbonyl (C=O) groups excluding carboxylic acids is 2. The molecule has 2 amide bonds. The number of benzene rings is 3. The molecule has 1 aliphatic rings. The number of thioether (sulfide) groups is 1. The number of nitriles is 1. The predicted molar refractivity (Wildman–Crippen MR) is 155 cm³/mol. The van der Waals surface area contributed by atoms with Crippen molar-refractivity contribution >= 4 is 29.3 Å². The molecule has 1 saturated heterocycles. The van der Waals surface area contributed by atoms with Gasteiger partial charge in [0.1, 0.15) is 16.7 Å². The summed E-state index contributed by atoms with van der Waals surface area (Å²) in [5, 5.41) is 13.0. The molecule has 2 atom stereocenters. The Kier molecular flexibility index (Phi) is 8.38. The zero-order valence-electron chi connectivity index (χ0n) is 22.5. The summed E-state index contributed by atoms with van der Waals surface area (Å²) in [7, 11) is 0. The lowest BCUT2D eigenvalue weighted by Gasteiger charge is -2.20. The van der Waals surface area contributed by atoms with Gasteiger partial charge in [-0.25, -0.2) is 0 Å². The van der Waals surface area contributed by atoms with Crippen LogP contribution in [0.4, 0.5) is 5.69 Å². The minimum atomic E-state index is -0.491. The molecule has 0 radical (unpaired) electrons. The number of rotatable bonds is 7. The molecular weight excluding hydrogens is 490 g/mol. The third-order valence-corrected chi connectivity index (χ3v) is 8.23. The Labute approximate surface area is 229 Å². The van der Waals surface area contributed by atoms with E-state index in [-0.39, 0.29) is 17.5 Å². The van der Waals surface area contributed by atoms with E-state index in [0.717, 1.165) is 22.3 Å². The third-order valence-electron chi connectivity index (χ3n) is 6.97. The molecule has 194 valence electrons. The number of amides is 2. The van der Waals surface area contributed by atoms with Crippen molar-refractivity contribution in [2.75, 3.05) is 4.90 Å². The molecule has 6 heteroatoms. The number of hydrogen-bond acceptors (Lipinski definition) is 4. The standard InChI is InChI=1S/C32H33N3O2S/c1-20(2)25-14-12-24(13-15-25)18-29-31(37)35(27-16-11-21(3)22(4)17-27)32(38-29)28(19-33)30(36)34-23(5)26-9-7-6-8-10-26/h6-17,20,23,29H,18H2,1-5H3,(H,34,36)/b32-28-. The number of anilines is 1. The fraction of sp³-hybridized carbons (Fsp3) is 0.281. The van der Waals surface area contributed by atoms with Crippen molar-refractivity contribution in [3.63, 3.8) is 0 Å². The van der Waals surface area contributed by atoms with Crippen LogP contribution in [0.5, 0.6) is 0 Å². The van der Waals surface area contributed by atoms with E-state index in [9.17, 15) is 14.9 Å². The van der Waals surface area contributed by atoms with E-state index in [0.29, 0.717) is 23.1 Å². The second-order valence-electron chi connectivity index (χ2n) is 10.0. The Balaban J connectivity index is 1.70. The molecule has 3 aromatic rings. The Morgan fingerprint density at radius 2 is 1.66 bits per heavy atom. The molecule has 1 heterocycles. The molecule has 1 N–H and O–H groups in total. The van der Waals surface area contributed by atoms with Crippen molar-refractivity contribution in [3.05, 3.63) is 111 Å². The molecule has 1 fully saturated rings. The van der Waals surface area contributed by atoms with Gasteiger partial charge in [0.15, 0.2) is 0 Å². The lowest BCUT2D eigenvalue weighted by Crippen LogP contribution is -2.33. The average molecular weight is 524 g/mol. The first-order valence-electron chi connectivity index (χ1n) is 12.9. The molecule has 1 aliphatic heterocycles. The van der Waals surface area contributed by atoms with E-state index < -0.39 is 11.2 Å². The fourth-order valence-electron chi connectivity index (χ4n) is 4.43. The number of hydrogen-bond donors (Lipinski definition) is 1. The van der Waals surface area contributed by atoms with Gasteiger partial charge in [-0.2, -0.15) is 5.26 Å². The first-order valence-corrected chi connectivity index (χ1v) is 13.7. The van der Waals surface area contributed by atoms with Crippen molar-refractivity contribution < 1.29 is 9.59 Å². The summed E-state index contributed by atoms with van der Waals surface area (Å²) in [5.74, 6) is -0.191. The van der Waals surface area contributed by atoms with E-state index in [1.54, 1.807) is 4.90 Å². The van der Waals surface area contributed by atoms with Crippen molar-refractivity contribution in [2.45, 2.75) is 58.2 Å². The first-order chi connectivity index (χ1) is 18.2. The van der Waals surface area contributed by atoms with Crippen LogP contribution in [0, 0.1) is 25.2 Å².